The first-order valence-electron chi connectivity index (χ1n) is 3.38. The lowest BCUT2D eigenvalue weighted by Gasteiger charge is -1.97. The molecule has 0 unspecified atom stereocenters. The fourth-order valence-electron chi connectivity index (χ4n) is 0.877. The van der Waals surface area contributed by atoms with E-state index in [-0.39, 0.29) is 0 Å². The van der Waals surface area contributed by atoms with Gasteiger partial charge in [0, 0.05) is 6.42 Å². The Kier molecular flexibility index (Phi) is 1.95. The normalized spacial score (nSPS) is 21.3. The molecule has 1 aliphatic rings. The largest absolute Gasteiger partial charge is 0.493 e. The van der Waals surface area contributed by atoms with Crippen molar-refractivity contribution in [3.63, 3.8) is 0 Å². The van der Waals surface area contributed by atoms with E-state index in [1.165, 1.54) is 0 Å². The molecule has 0 aromatic carbocycles. The lowest BCUT2D eigenvalue weighted by Crippen LogP contribution is -1.80. The van der Waals surface area contributed by atoms with Crippen LogP contribution in [0.15, 0.2) is 36.1 Å². The predicted molar refractivity (Wildman–Crippen MR) is 42.6 cm³/mol. The van der Waals surface area contributed by atoms with E-state index in [1.54, 1.807) is 0 Å². The van der Waals surface area contributed by atoms with Crippen LogP contribution >= 0.6 is 0 Å². The van der Waals surface area contributed by atoms with E-state index < -0.39 is 0 Å². The SMILES string of the molecule is C=C(C)/C=C1/OCCC1=C. The molecule has 1 aliphatic heterocycles. The number of hydrogen-bond donors (Lipinski definition) is 0. The summed E-state index contributed by atoms with van der Waals surface area (Å²) < 4.78 is 5.28. The highest BCUT2D eigenvalue weighted by molar-refractivity contribution is 5.31. The molecule has 0 aliphatic carbocycles. The lowest BCUT2D eigenvalue weighted by atomic mass is 10.2. The van der Waals surface area contributed by atoms with Gasteiger partial charge in [0.1, 0.15) is 5.76 Å². The lowest BCUT2D eigenvalue weighted by molar-refractivity contribution is 0.265. The Labute approximate surface area is 61.7 Å². The molecule has 1 rings (SSSR count). The molecule has 0 N–H and O–H groups in total. The zero-order chi connectivity index (χ0) is 7.56. The molecular weight excluding hydrogens is 124 g/mol. The molecule has 0 amide bonds. The molecule has 1 nitrogen and oxygen atoms in total. The standard InChI is InChI=1S/C9H12O/c1-7(2)6-9-8(3)4-5-10-9/h6H,1,3-5H2,2H3/b9-6+. The van der Waals surface area contributed by atoms with Gasteiger partial charge in [0.05, 0.1) is 6.61 Å². The molecular formula is C9H12O. The topological polar surface area (TPSA) is 9.23 Å². The van der Waals surface area contributed by atoms with Gasteiger partial charge in [0.15, 0.2) is 0 Å². The third kappa shape index (κ3) is 1.50. The van der Waals surface area contributed by atoms with Gasteiger partial charge in [-0.3, -0.25) is 0 Å². The maximum absolute atomic E-state index is 5.28. The first-order chi connectivity index (χ1) is 4.70. The predicted octanol–water partition coefficient (Wildman–Crippen LogP) is 2.42. The second kappa shape index (κ2) is 2.74. The van der Waals surface area contributed by atoms with Gasteiger partial charge in [-0.1, -0.05) is 18.7 Å². The average Bonchev–Trinajstić information content (AvgIpc) is 2.15. The molecule has 54 valence electrons. The van der Waals surface area contributed by atoms with Crippen molar-refractivity contribution in [1.29, 1.82) is 0 Å². The maximum Gasteiger partial charge on any atom is 0.122 e. The minimum absolute atomic E-state index is 0.776. The van der Waals surface area contributed by atoms with Gasteiger partial charge in [-0.15, -0.1) is 0 Å². The van der Waals surface area contributed by atoms with Crippen LogP contribution in [0, 0.1) is 0 Å². The summed E-state index contributed by atoms with van der Waals surface area (Å²) >= 11 is 0. The molecule has 0 atom stereocenters. The van der Waals surface area contributed by atoms with Gasteiger partial charge in [0.2, 0.25) is 0 Å². The molecule has 0 spiro atoms. The van der Waals surface area contributed by atoms with E-state index in [9.17, 15) is 0 Å². The van der Waals surface area contributed by atoms with Gasteiger partial charge in [-0.2, -0.15) is 0 Å². The van der Waals surface area contributed by atoms with Crippen molar-refractivity contribution in [1.82, 2.24) is 0 Å². The third-order valence-corrected chi connectivity index (χ3v) is 1.39. The van der Waals surface area contributed by atoms with Crippen molar-refractivity contribution in [2.75, 3.05) is 6.61 Å². The van der Waals surface area contributed by atoms with Crippen molar-refractivity contribution in [2.45, 2.75) is 13.3 Å². The summed E-state index contributed by atoms with van der Waals surface area (Å²) in [6.45, 7) is 10.3. The number of rotatable bonds is 1. The minimum atomic E-state index is 0.776. The van der Waals surface area contributed by atoms with E-state index in [0.29, 0.717) is 0 Å². The Morgan fingerprint density at radius 1 is 1.70 bits per heavy atom. The Balaban J connectivity index is 2.72. The maximum atomic E-state index is 5.28. The molecule has 0 aromatic heterocycles. The van der Waals surface area contributed by atoms with Crippen LogP contribution in [0.25, 0.3) is 0 Å². The molecule has 1 fully saturated rings. The Bertz CT molecular complexity index is 199. The monoisotopic (exact) mass is 136 g/mol. The Hall–Kier alpha value is -0.980. The first-order valence-corrected chi connectivity index (χ1v) is 3.38. The molecule has 0 aromatic rings. The van der Waals surface area contributed by atoms with E-state index >= 15 is 0 Å². The molecule has 1 heteroatoms. The van der Waals surface area contributed by atoms with Crippen LogP contribution in [-0.4, -0.2) is 6.61 Å². The van der Waals surface area contributed by atoms with Crippen LogP contribution in [0.3, 0.4) is 0 Å². The van der Waals surface area contributed by atoms with Crippen molar-refractivity contribution < 1.29 is 4.74 Å². The first kappa shape index (κ1) is 7.13. The van der Waals surface area contributed by atoms with Crippen LogP contribution in [0.2, 0.25) is 0 Å². The van der Waals surface area contributed by atoms with Crippen LogP contribution in [0.1, 0.15) is 13.3 Å². The van der Waals surface area contributed by atoms with Gasteiger partial charge >= 0.3 is 0 Å². The smallest absolute Gasteiger partial charge is 0.122 e. The second-order valence-corrected chi connectivity index (χ2v) is 2.56. The number of hydrogen-bond acceptors (Lipinski definition) is 1. The fourth-order valence-corrected chi connectivity index (χ4v) is 0.877. The summed E-state index contributed by atoms with van der Waals surface area (Å²) in [7, 11) is 0. The summed E-state index contributed by atoms with van der Waals surface area (Å²) in [5.74, 6) is 0.910. The van der Waals surface area contributed by atoms with Gasteiger partial charge in [0.25, 0.3) is 0 Å². The van der Waals surface area contributed by atoms with Crippen LogP contribution in [0.4, 0.5) is 0 Å². The van der Waals surface area contributed by atoms with E-state index in [4.69, 9.17) is 4.74 Å². The summed E-state index contributed by atoms with van der Waals surface area (Å²) in [6, 6.07) is 0. The average molecular weight is 136 g/mol. The van der Waals surface area contributed by atoms with Crippen molar-refractivity contribution in [3.05, 3.63) is 36.1 Å². The van der Waals surface area contributed by atoms with Crippen molar-refractivity contribution >= 4 is 0 Å². The van der Waals surface area contributed by atoms with Gasteiger partial charge in [-0.05, 0) is 18.6 Å². The quantitative estimate of drug-likeness (QED) is 0.538. The second-order valence-electron chi connectivity index (χ2n) is 2.56. The molecule has 1 heterocycles. The summed E-state index contributed by atoms with van der Waals surface area (Å²) in [5, 5.41) is 0. The van der Waals surface area contributed by atoms with Crippen LogP contribution < -0.4 is 0 Å². The molecule has 0 saturated carbocycles. The Morgan fingerprint density at radius 2 is 2.40 bits per heavy atom. The van der Waals surface area contributed by atoms with Crippen LogP contribution in [-0.2, 0) is 4.74 Å². The zero-order valence-electron chi connectivity index (χ0n) is 6.31. The van der Waals surface area contributed by atoms with Gasteiger partial charge in [-0.25, -0.2) is 0 Å². The highest BCUT2D eigenvalue weighted by Crippen LogP contribution is 2.22. The zero-order valence-corrected chi connectivity index (χ0v) is 6.31. The van der Waals surface area contributed by atoms with E-state index in [1.807, 2.05) is 13.0 Å². The van der Waals surface area contributed by atoms with E-state index in [0.717, 1.165) is 29.9 Å². The number of ether oxygens (including phenoxy) is 1. The molecule has 10 heavy (non-hydrogen) atoms. The minimum Gasteiger partial charge on any atom is -0.493 e. The van der Waals surface area contributed by atoms with Crippen molar-refractivity contribution in [3.8, 4) is 0 Å². The van der Waals surface area contributed by atoms with Gasteiger partial charge < -0.3 is 4.74 Å². The summed E-state index contributed by atoms with van der Waals surface area (Å²) in [6.07, 6.45) is 2.88. The van der Waals surface area contributed by atoms with E-state index in [2.05, 4.69) is 13.2 Å². The summed E-state index contributed by atoms with van der Waals surface area (Å²) in [4.78, 5) is 0. The fraction of sp³-hybridized carbons (Fsp3) is 0.333. The Morgan fingerprint density at radius 3 is 2.80 bits per heavy atom. The summed E-state index contributed by atoms with van der Waals surface area (Å²) in [5.41, 5.74) is 2.10. The highest BCUT2D eigenvalue weighted by Gasteiger charge is 2.11. The van der Waals surface area contributed by atoms with Crippen molar-refractivity contribution in [2.24, 2.45) is 0 Å². The highest BCUT2D eigenvalue weighted by atomic mass is 16.5. The molecule has 0 bridgehead atoms. The third-order valence-electron chi connectivity index (χ3n) is 1.39. The molecule has 0 radical (unpaired) electrons. The molecule has 1 saturated heterocycles. The van der Waals surface area contributed by atoms with Crippen LogP contribution in [0.5, 0.6) is 0 Å². The number of allylic oxidation sites excluding steroid dienone is 3.